The highest BCUT2D eigenvalue weighted by Crippen LogP contribution is 2.30. The van der Waals surface area contributed by atoms with Crippen molar-refractivity contribution in [3.05, 3.63) is 70.5 Å². The van der Waals surface area contributed by atoms with Gasteiger partial charge in [-0.3, -0.25) is 4.79 Å². The summed E-state index contributed by atoms with van der Waals surface area (Å²) in [5, 5.41) is 12.4. The van der Waals surface area contributed by atoms with Gasteiger partial charge in [-0.05, 0) is 49.1 Å². The SMILES string of the molecule is CS(=O)(=O)N1CCCC(c2nnc(SCC(=O)Nc3ccc(Br)cc3)n2CCc2ccccc2)C1. The average molecular weight is 579 g/mol. The molecule has 8 nitrogen and oxygen atoms in total. The number of sulfonamides is 1. The quantitative estimate of drug-likeness (QED) is 0.384. The first kappa shape index (κ1) is 25.9. The van der Waals surface area contributed by atoms with Crippen LogP contribution in [0, 0.1) is 0 Å². The van der Waals surface area contributed by atoms with Gasteiger partial charge in [-0.1, -0.05) is 58.0 Å². The van der Waals surface area contributed by atoms with Crippen molar-refractivity contribution in [2.75, 3.05) is 30.4 Å². The van der Waals surface area contributed by atoms with Crippen LogP contribution < -0.4 is 5.32 Å². The van der Waals surface area contributed by atoms with E-state index in [-0.39, 0.29) is 17.6 Å². The number of amides is 1. The van der Waals surface area contributed by atoms with Crippen molar-refractivity contribution >= 4 is 49.3 Å². The number of piperidine rings is 1. The van der Waals surface area contributed by atoms with Gasteiger partial charge in [0.15, 0.2) is 5.16 Å². The minimum absolute atomic E-state index is 0.0345. The van der Waals surface area contributed by atoms with E-state index in [1.165, 1.54) is 27.9 Å². The van der Waals surface area contributed by atoms with E-state index >= 15 is 0 Å². The van der Waals surface area contributed by atoms with Crippen LogP contribution in [0.15, 0.2) is 64.2 Å². The summed E-state index contributed by atoms with van der Waals surface area (Å²) in [5.41, 5.74) is 1.92. The zero-order valence-electron chi connectivity index (χ0n) is 19.4. The Morgan fingerprint density at radius 1 is 1.14 bits per heavy atom. The zero-order chi connectivity index (χ0) is 24.8. The molecule has 1 fully saturated rings. The van der Waals surface area contributed by atoms with Gasteiger partial charge in [-0.25, -0.2) is 12.7 Å². The number of carbonyl (C=O) groups excluding carboxylic acids is 1. The Bertz CT molecular complexity index is 1250. The first-order valence-electron chi connectivity index (χ1n) is 11.4. The van der Waals surface area contributed by atoms with Crippen LogP contribution in [0.4, 0.5) is 5.69 Å². The van der Waals surface area contributed by atoms with Crippen LogP contribution in [0.3, 0.4) is 0 Å². The van der Waals surface area contributed by atoms with Crippen molar-refractivity contribution < 1.29 is 13.2 Å². The lowest BCUT2D eigenvalue weighted by molar-refractivity contribution is -0.113. The first-order valence-corrected chi connectivity index (χ1v) is 15.0. The van der Waals surface area contributed by atoms with Gasteiger partial charge in [0.1, 0.15) is 5.82 Å². The van der Waals surface area contributed by atoms with Crippen LogP contribution in [-0.4, -0.2) is 58.5 Å². The van der Waals surface area contributed by atoms with Crippen LogP contribution in [0.25, 0.3) is 0 Å². The number of benzene rings is 2. The third-order valence-corrected chi connectivity index (χ3v) is 8.66. The predicted octanol–water partition coefficient (Wildman–Crippen LogP) is 4.15. The molecule has 1 aliphatic heterocycles. The number of anilines is 1. The molecule has 4 rings (SSSR count). The summed E-state index contributed by atoms with van der Waals surface area (Å²) in [6.45, 7) is 1.58. The number of nitrogens with one attached hydrogen (secondary N) is 1. The lowest BCUT2D eigenvalue weighted by Gasteiger charge is -2.30. The Balaban J connectivity index is 1.50. The lowest BCUT2D eigenvalue weighted by Crippen LogP contribution is -2.39. The second kappa shape index (κ2) is 11.7. The van der Waals surface area contributed by atoms with E-state index in [0.29, 0.717) is 24.8 Å². The fourth-order valence-electron chi connectivity index (χ4n) is 4.12. The van der Waals surface area contributed by atoms with Crippen molar-refractivity contribution in [3.63, 3.8) is 0 Å². The number of carbonyl (C=O) groups is 1. The van der Waals surface area contributed by atoms with Gasteiger partial charge < -0.3 is 9.88 Å². The maximum absolute atomic E-state index is 12.5. The standard InChI is InChI=1S/C24H28BrN5O3S2/c1-35(32,33)29-14-5-8-19(16-29)23-27-28-24(30(23)15-13-18-6-3-2-4-7-18)34-17-22(31)26-21-11-9-20(25)10-12-21/h2-4,6-7,9-12,19H,5,8,13-17H2,1H3,(H,26,31). The second-order valence-electron chi connectivity index (χ2n) is 8.53. The molecule has 0 aliphatic carbocycles. The smallest absolute Gasteiger partial charge is 0.234 e. The minimum atomic E-state index is -3.27. The molecule has 2 heterocycles. The highest BCUT2D eigenvalue weighted by molar-refractivity contribution is 9.10. The molecule has 0 bridgehead atoms. The van der Waals surface area contributed by atoms with Gasteiger partial charge in [0.05, 0.1) is 12.0 Å². The molecule has 0 saturated carbocycles. The summed E-state index contributed by atoms with van der Waals surface area (Å²) in [7, 11) is -3.27. The van der Waals surface area contributed by atoms with Gasteiger partial charge in [0, 0.05) is 35.7 Å². The molecule has 1 aliphatic rings. The highest BCUT2D eigenvalue weighted by atomic mass is 79.9. The summed E-state index contributed by atoms with van der Waals surface area (Å²) >= 11 is 4.73. The van der Waals surface area contributed by atoms with Crippen LogP contribution in [0.5, 0.6) is 0 Å². The van der Waals surface area contributed by atoms with Crippen molar-refractivity contribution in [2.24, 2.45) is 0 Å². The summed E-state index contributed by atoms with van der Waals surface area (Å²) in [4.78, 5) is 12.5. The molecule has 35 heavy (non-hydrogen) atoms. The number of hydrogen-bond acceptors (Lipinski definition) is 6. The number of nitrogens with zero attached hydrogens (tertiary/aromatic N) is 4. The fourth-order valence-corrected chi connectivity index (χ4v) is 6.07. The van der Waals surface area contributed by atoms with Crippen LogP contribution in [0.2, 0.25) is 0 Å². The third kappa shape index (κ3) is 7.16. The monoisotopic (exact) mass is 577 g/mol. The number of aromatic nitrogens is 3. The topological polar surface area (TPSA) is 97.2 Å². The summed E-state index contributed by atoms with van der Waals surface area (Å²) in [6.07, 6.45) is 3.67. The Morgan fingerprint density at radius 3 is 2.60 bits per heavy atom. The van der Waals surface area contributed by atoms with Crippen molar-refractivity contribution in [1.29, 1.82) is 0 Å². The van der Waals surface area contributed by atoms with Gasteiger partial charge >= 0.3 is 0 Å². The Kier molecular flexibility index (Phi) is 8.64. The summed E-state index contributed by atoms with van der Waals surface area (Å²) in [5.74, 6) is 0.815. The summed E-state index contributed by atoms with van der Waals surface area (Å²) < 4.78 is 28.8. The molecular formula is C24H28BrN5O3S2. The lowest BCUT2D eigenvalue weighted by atomic mass is 9.98. The van der Waals surface area contributed by atoms with E-state index in [9.17, 15) is 13.2 Å². The van der Waals surface area contributed by atoms with E-state index in [0.717, 1.165) is 35.2 Å². The Hall–Kier alpha value is -2.21. The van der Waals surface area contributed by atoms with Crippen LogP contribution in [0.1, 0.15) is 30.1 Å². The molecule has 0 radical (unpaired) electrons. The zero-order valence-corrected chi connectivity index (χ0v) is 22.7. The fraction of sp³-hybridized carbons (Fsp3) is 0.375. The van der Waals surface area contributed by atoms with Crippen LogP contribution in [-0.2, 0) is 27.8 Å². The van der Waals surface area contributed by atoms with Crippen molar-refractivity contribution in [3.8, 4) is 0 Å². The largest absolute Gasteiger partial charge is 0.325 e. The van der Waals surface area contributed by atoms with Gasteiger partial charge in [0.2, 0.25) is 15.9 Å². The van der Waals surface area contributed by atoms with E-state index in [4.69, 9.17) is 0 Å². The van der Waals surface area contributed by atoms with E-state index in [1.807, 2.05) is 42.5 Å². The molecule has 0 spiro atoms. The average Bonchev–Trinajstić information content (AvgIpc) is 3.26. The summed E-state index contributed by atoms with van der Waals surface area (Å²) in [6, 6.07) is 17.6. The highest BCUT2D eigenvalue weighted by Gasteiger charge is 2.30. The number of rotatable bonds is 9. The third-order valence-electron chi connectivity index (χ3n) is 5.89. The number of halogens is 1. The van der Waals surface area contributed by atoms with Gasteiger partial charge in [-0.15, -0.1) is 10.2 Å². The molecule has 1 saturated heterocycles. The first-order chi connectivity index (χ1) is 16.8. The van der Waals surface area contributed by atoms with Crippen LogP contribution >= 0.6 is 27.7 Å². The molecule has 186 valence electrons. The maximum Gasteiger partial charge on any atom is 0.234 e. The molecular weight excluding hydrogens is 550 g/mol. The molecule has 2 aromatic carbocycles. The van der Waals surface area contributed by atoms with Gasteiger partial charge in [-0.2, -0.15) is 0 Å². The normalized spacial score (nSPS) is 16.8. The number of thioether (sulfide) groups is 1. The molecule has 11 heteroatoms. The molecule has 1 atom stereocenters. The number of hydrogen-bond donors (Lipinski definition) is 1. The van der Waals surface area contributed by atoms with E-state index < -0.39 is 10.0 Å². The van der Waals surface area contributed by atoms with Crippen molar-refractivity contribution in [2.45, 2.75) is 36.9 Å². The Labute approximate surface area is 218 Å². The molecule has 1 amide bonds. The molecule has 1 aromatic heterocycles. The predicted molar refractivity (Wildman–Crippen MR) is 142 cm³/mol. The van der Waals surface area contributed by atoms with E-state index in [1.54, 1.807) is 0 Å². The molecule has 1 unspecified atom stereocenters. The molecule has 3 aromatic rings. The van der Waals surface area contributed by atoms with Crippen molar-refractivity contribution in [1.82, 2.24) is 19.1 Å². The van der Waals surface area contributed by atoms with Gasteiger partial charge in [0.25, 0.3) is 0 Å². The molecule has 1 N–H and O–H groups in total. The maximum atomic E-state index is 12.5. The minimum Gasteiger partial charge on any atom is -0.325 e. The van der Waals surface area contributed by atoms with E-state index in [2.05, 4.69) is 48.1 Å². The number of aryl methyl sites for hydroxylation is 1. The second-order valence-corrected chi connectivity index (χ2v) is 12.4. The Morgan fingerprint density at radius 2 is 1.89 bits per heavy atom.